The maximum atomic E-state index is 12.1. The van der Waals surface area contributed by atoms with Crippen molar-refractivity contribution in [2.45, 2.75) is 33.6 Å². The molecule has 0 unspecified atom stereocenters. The van der Waals surface area contributed by atoms with E-state index in [2.05, 4.69) is 33.7 Å². The molecule has 5 nitrogen and oxygen atoms in total. The molecule has 2 rings (SSSR count). The molecule has 112 valence electrons. The molecule has 0 spiro atoms. The van der Waals surface area contributed by atoms with Crippen LogP contribution in [0.25, 0.3) is 0 Å². The van der Waals surface area contributed by atoms with Gasteiger partial charge in [-0.3, -0.25) is 4.79 Å². The summed E-state index contributed by atoms with van der Waals surface area (Å²) in [7, 11) is 0. The highest BCUT2D eigenvalue weighted by Crippen LogP contribution is 2.20. The monoisotopic (exact) mass is 296 g/mol. The van der Waals surface area contributed by atoms with E-state index in [1.165, 1.54) is 18.0 Å². The number of aryl methyl sites for hydroxylation is 1. The molecule has 1 aliphatic heterocycles. The minimum Gasteiger partial charge on any atom is -0.350 e. The van der Waals surface area contributed by atoms with E-state index in [4.69, 9.17) is 0 Å². The van der Waals surface area contributed by atoms with Crippen LogP contribution in [0.3, 0.4) is 0 Å². The summed E-state index contributed by atoms with van der Waals surface area (Å²) < 4.78 is 3.85. The van der Waals surface area contributed by atoms with Crippen molar-refractivity contribution in [2.75, 3.05) is 26.2 Å². The molecule has 1 fully saturated rings. The van der Waals surface area contributed by atoms with Gasteiger partial charge in [-0.2, -0.15) is 0 Å². The third kappa shape index (κ3) is 3.99. The van der Waals surface area contributed by atoms with Gasteiger partial charge in [-0.15, -0.1) is 5.10 Å². The van der Waals surface area contributed by atoms with Gasteiger partial charge < -0.3 is 10.2 Å². The summed E-state index contributed by atoms with van der Waals surface area (Å²) in [6.07, 6.45) is 2.07. The molecule has 0 aliphatic carbocycles. The minimum absolute atomic E-state index is 0.0324. The van der Waals surface area contributed by atoms with Crippen molar-refractivity contribution in [2.24, 2.45) is 11.8 Å². The van der Waals surface area contributed by atoms with Crippen LogP contribution < -0.4 is 5.32 Å². The Morgan fingerprint density at radius 1 is 1.40 bits per heavy atom. The molecular formula is C14H24N4OS. The second kappa shape index (κ2) is 7.13. The van der Waals surface area contributed by atoms with Gasteiger partial charge in [0.05, 0.1) is 5.69 Å². The number of hydrogen-bond acceptors (Lipinski definition) is 5. The standard InChI is InChI=1S/C14H24N4OS/c1-4-12-13(20-17-16-12)14(19)15-5-6-18-8-10(2)7-11(3)9-18/h10-11H,4-9H2,1-3H3,(H,15,19)/t10-,11-/m0/s1. The zero-order valence-electron chi connectivity index (χ0n) is 12.6. The Balaban J connectivity index is 1.77. The Morgan fingerprint density at radius 3 is 2.75 bits per heavy atom. The first-order valence-corrected chi connectivity index (χ1v) is 8.19. The fourth-order valence-corrected chi connectivity index (χ4v) is 3.66. The van der Waals surface area contributed by atoms with E-state index >= 15 is 0 Å². The fourth-order valence-electron chi connectivity index (χ4n) is 2.99. The second-order valence-corrected chi connectivity index (χ2v) is 6.62. The highest BCUT2D eigenvalue weighted by atomic mass is 32.1. The molecule has 1 aromatic heterocycles. The van der Waals surface area contributed by atoms with Crippen molar-refractivity contribution in [3.05, 3.63) is 10.6 Å². The van der Waals surface area contributed by atoms with E-state index < -0.39 is 0 Å². The van der Waals surface area contributed by atoms with Gasteiger partial charge in [0, 0.05) is 26.2 Å². The Kier molecular flexibility index (Phi) is 5.48. The molecule has 6 heteroatoms. The van der Waals surface area contributed by atoms with Gasteiger partial charge in [0.1, 0.15) is 4.88 Å². The topological polar surface area (TPSA) is 58.1 Å². The van der Waals surface area contributed by atoms with Gasteiger partial charge in [0.2, 0.25) is 0 Å². The molecule has 1 aliphatic rings. The van der Waals surface area contributed by atoms with Crippen LogP contribution in [0.4, 0.5) is 0 Å². The lowest BCUT2D eigenvalue weighted by atomic mass is 9.92. The number of nitrogens with zero attached hydrogens (tertiary/aromatic N) is 3. The Bertz CT molecular complexity index is 438. The molecule has 0 saturated carbocycles. The van der Waals surface area contributed by atoms with Crippen LogP contribution in [0.2, 0.25) is 0 Å². The first-order chi connectivity index (χ1) is 9.60. The van der Waals surface area contributed by atoms with Crippen molar-refractivity contribution < 1.29 is 4.79 Å². The lowest BCUT2D eigenvalue weighted by Gasteiger charge is -2.34. The van der Waals surface area contributed by atoms with Gasteiger partial charge >= 0.3 is 0 Å². The van der Waals surface area contributed by atoms with Crippen molar-refractivity contribution >= 4 is 17.4 Å². The number of amides is 1. The number of piperidine rings is 1. The molecule has 0 bridgehead atoms. The molecule has 0 radical (unpaired) electrons. The van der Waals surface area contributed by atoms with E-state index in [1.54, 1.807) is 0 Å². The smallest absolute Gasteiger partial charge is 0.264 e. The third-order valence-corrected chi connectivity index (χ3v) is 4.52. The van der Waals surface area contributed by atoms with Gasteiger partial charge in [0.25, 0.3) is 5.91 Å². The summed E-state index contributed by atoms with van der Waals surface area (Å²) in [6, 6.07) is 0. The Morgan fingerprint density at radius 2 is 2.10 bits per heavy atom. The molecule has 2 atom stereocenters. The predicted molar refractivity (Wildman–Crippen MR) is 81.0 cm³/mol. The van der Waals surface area contributed by atoms with E-state index in [0.717, 1.165) is 43.6 Å². The van der Waals surface area contributed by atoms with Gasteiger partial charge in [-0.05, 0) is 36.2 Å². The molecule has 1 aromatic rings. The third-order valence-electron chi connectivity index (χ3n) is 3.75. The summed E-state index contributed by atoms with van der Waals surface area (Å²) in [6.45, 7) is 10.5. The summed E-state index contributed by atoms with van der Waals surface area (Å²) in [5, 5.41) is 6.96. The zero-order chi connectivity index (χ0) is 14.5. The van der Waals surface area contributed by atoms with E-state index in [0.29, 0.717) is 11.4 Å². The maximum Gasteiger partial charge on any atom is 0.264 e. The van der Waals surface area contributed by atoms with Crippen LogP contribution in [0.15, 0.2) is 0 Å². The molecule has 2 heterocycles. The normalized spacial score (nSPS) is 23.8. The van der Waals surface area contributed by atoms with Crippen molar-refractivity contribution in [1.82, 2.24) is 19.8 Å². The van der Waals surface area contributed by atoms with E-state index in [1.807, 2.05) is 6.92 Å². The summed E-state index contributed by atoms with van der Waals surface area (Å²) in [4.78, 5) is 15.2. The lowest BCUT2D eigenvalue weighted by Crippen LogP contribution is -2.42. The number of hydrogen-bond donors (Lipinski definition) is 1. The zero-order valence-corrected chi connectivity index (χ0v) is 13.4. The van der Waals surface area contributed by atoms with E-state index in [-0.39, 0.29) is 5.91 Å². The van der Waals surface area contributed by atoms with Crippen LogP contribution in [-0.2, 0) is 6.42 Å². The molecule has 0 aromatic carbocycles. The van der Waals surface area contributed by atoms with Crippen LogP contribution in [0, 0.1) is 11.8 Å². The van der Waals surface area contributed by atoms with Gasteiger partial charge in [-0.1, -0.05) is 25.3 Å². The number of aromatic nitrogens is 2. The molecule has 20 heavy (non-hydrogen) atoms. The van der Waals surface area contributed by atoms with Crippen LogP contribution in [0.1, 0.15) is 42.6 Å². The molecule has 1 N–H and O–H groups in total. The Hall–Kier alpha value is -1.01. The van der Waals surface area contributed by atoms with E-state index in [9.17, 15) is 4.79 Å². The number of nitrogens with one attached hydrogen (secondary N) is 1. The number of carbonyl (C=O) groups is 1. The average Bonchev–Trinajstić information content (AvgIpc) is 2.85. The molecule has 1 amide bonds. The lowest BCUT2D eigenvalue weighted by molar-refractivity contribution is 0.0939. The largest absolute Gasteiger partial charge is 0.350 e. The molecular weight excluding hydrogens is 272 g/mol. The van der Waals surface area contributed by atoms with Crippen LogP contribution in [0.5, 0.6) is 0 Å². The van der Waals surface area contributed by atoms with Gasteiger partial charge in [-0.25, -0.2) is 0 Å². The first kappa shape index (κ1) is 15.4. The fraction of sp³-hybridized carbons (Fsp3) is 0.786. The SMILES string of the molecule is CCc1nnsc1C(=O)NCCN1C[C@@H](C)C[C@H](C)C1. The first-order valence-electron chi connectivity index (χ1n) is 7.42. The number of carbonyl (C=O) groups excluding carboxylic acids is 1. The summed E-state index contributed by atoms with van der Waals surface area (Å²) in [5.41, 5.74) is 0.799. The molecule has 1 saturated heterocycles. The van der Waals surface area contributed by atoms with Crippen molar-refractivity contribution in [3.63, 3.8) is 0 Å². The number of rotatable bonds is 5. The summed E-state index contributed by atoms with van der Waals surface area (Å²) in [5.74, 6) is 1.48. The average molecular weight is 296 g/mol. The van der Waals surface area contributed by atoms with Gasteiger partial charge in [0.15, 0.2) is 0 Å². The second-order valence-electron chi connectivity index (χ2n) is 5.86. The Labute approximate surface area is 124 Å². The van der Waals surface area contributed by atoms with Crippen molar-refractivity contribution in [1.29, 1.82) is 0 Å². The minimum atomic E-state index is -0.0324. The number of likely N-dealkylation sites (tertiary alicyclic amines) is 1. The van der Waals surface area contributed by atoms with Crippen LogP contribution in [-0.4, -0.2) is 46.6 Å². The van der Waals surface area contributed by atoms with Crippen LogP contribution >= 0.6 is 11.5 Å². The maximum absolute atomic E-state index is 12.1. The highest BCUT2D eigenvalue weighted by molar-refractivity contribution is 7.08. The van der Waals surface area contributed by atoms with Crippen molar-refractivity contribution in [3.8, 4) is 0 Å². The predicted octanol–water partition coefficient (Wildman–Crippen LogP) is 1.81. The quantitative estimate of drug-likeness (QED) is 0.900. The summed E-state index contributed by atoms with van der Waals surface area (Å²) >= 11 is 1.18. The highest BCUT2D eigenvalue weighted by Gasteiger charge is 2.21.